The minimum absolute atomic E-state index is 0.0384. The predicted octanol–water partition coefficient (Wildman–Crippen LogP) is 5.22. The highest BCUT2D eigenvalue weighted by Gasteiger charge is 2.22. The maximum atomic E-state index is 12.6. The number of benzene rings is 3. The zero-order valence-electron chi connectivity index (χ0n) is 18.6. The van der Waals surface area contributed by atoms with Gasteiger partial charge in [0.05, 0.1) is 4.92 Å². The number of halogens is 1. The van der Waals surface area contributed by atoms with Crippen molar-refractivity contribution in [1.29, 1.82) is 0 Å². The molecule has 1 saturated heterocycles. The number of hydrogen-bond acceptors (Lipinski definition) is 5. The van der Waals surface area contributed by atoms with Gasteiger partial charge in [0.2, 0.25) is 5.91 Å². The van der Waals surface area contributed by atoms with Crippen molar-refractivity contribution in [2.24, 2.45) is 0 Å². The number of carbonyl (C=O) groups is 1. The topological polar surface area (TPSA) is 78.7 Å². The van der Waals surface area contributed by atoms with Crippen LogP contribution >= 0.6 is 11.6 Å². The van der Waals surface area contributed by atoms with Gasteiger partial charge in [-0.15, -0.1) is 0 Å². The van der Waals surface area contributed by atoms with Crippen LogP contribution in [0.4, 0.5) is 17.1 Å². The van der Waals surface area contributed by atoms with Crippen LogP contribution in [0, 0.1) is 10.1 Å². The molecule has 0 saturated carbocycles. The van der Waals surface area contributed by atoms with E-state index in [0.717, 1.165) is 16.8 Å². The number of hydrogen-bond donors (Lipinski definition) is 1. The summed E-state index contributed by atoms with van der Waals surface area (Å²) in [7, 11) is 0. The van der Waals surface area contributed by atoms with E-state index in [1.54, 1.807) is 30.4 Å². The number of amides is 1. The van der Waals surface area contributed by atoms with Crippen molar-refractivity contribution in [2.75, 3.05) is 36.4 Å². The lowest BCUT2D eigenvalue weighted by atomic mass is 10.1. The molecule has 0 bridgehead atoms. The van der Waals surface area contributed by atoms with E-state index in [-0.39, 0.29) is 16.5 Å². The number of nitro groups is 1. The summed E-state index contributed by atoms with van der Waals surface area (Å²) in [5.41, 5.74) is 3.38. The highest BCUT2D eigenvalue weighted by molar-refractivity contribution is 6.30. The molecule has 0 unspecified atom stereocenters. The van der Waals surface area contributed by atoms with Crippen LogP contribution in [0.2, 0.25) is 5.02 Å². The molecule has 0 spiro atoms. The van der Waals surface area contributed by atoms with E-state index < -0.39 is 0 Å². The van der Waals surface area contributed by atoms with Gasteiger partial charge < -0.3 is 15.1 Å². The van der Waals surface area contributed by atoms with Crippen molar-refractivity contribution in [3.63, 3.8) is 0 Å². The summed E-state index contributed by atoms with van der Waals surface area (Å²) in [5.74, 6) is -0.0384. The molecular weight excluding hydrogens is 452 g/mol. The second-order valence-electron chi connectivity index (χ2n) is 7.99. The zero-order chi connectivity index (χ0) is 23.9. The van der Waals surface area contributed by atoms with Crippen LogP contribution in [0.5, 0.6) is 0 Å². The molecule has 3 aromatic rings. The van der Waals surface area contributed by atoms with Crippen LogP contribution in [0.15, 0.2) is 78.9 Å². The van der Waals surface area contributed by atoms with Crippen molar-refractivity contribution < 1.29 is 9.72 Å². The Balaban J connectivity index is 1.38. The van der Waals surface area contributed by atoms with E-state index in [0.29, 0.717) is 43.4 Å². The third kappa shape index (κ3) is 5.94. The van der Waals surface area contributed by atoms with Crippen LogP contribution in [-0.2, 0) is 11.3 Å². The molecule has 1 aliphatic heterocycles. The number of rotatable bonds is 7. The fourth-order valence-corrected chi connectivity index (χ4v) is 3.97. The summed E-state index contributed by atoms with van der Waals surface area (Å²) in [6, 6.07) is 22.2. The molecule has 1 fully saturated rings. The molecule has 1 amide bonds. The minimum Gasteiger partial charge on any atom is -0.375 e. The summed E-state index contributed by atoms with van der Waals surface area (Å²) < 4.78 is 0. The van der Waals surface area contributed by atoms with Crippen molar-refractivity contribution in [1.82, 2.24) is 4.90 Å². The first-order valence-corrected chi connectivity index (χ1v) is 11.4. The van der Waals surface area contributed by atoms with Crippen molar-refractivity contribution in [3.05, 3.63) is 105 Å². The monoisotopic (exact) mass is 476 g/mol. The Kier molecular flexibility index (Phi) is 7.44. The Morgan fingerprint density at radius 2 is 1.71 bits per heavy atom. The number of carbonyl (C=O) groups excluding carboxylic acids is 1. The smallest absolute Gasteiger partial charge is 0.292 e. The Bertz CT molecular complexity index is 1170. The van der Waals surface area contributed by atoms with E-state index >= 15 is 0 Å². The van der Waals surface area contributed by atoms with Gasteiger partial charge in [0.1, 0.15) is 5.69 Å². The fourth-order valence-electron chi connectivity index (χ4n) is 3.85. The van der Waals surface area contributed by atoms with Crippen LogP contribution in [-0.4, -0.2) is 41.9 Å². The van der Waals surface area contributed by atoms with Gasteiger partial charge in [-0.3, -0.25) is 14.9 Å². The Hall–Kier alpha value is -3.84. The summed E-state index contributed by atoms with van der Waals surface area (Å²) in [6.45, 7) is 2.95. The van der Waals surface area contributed by atoms with Crippen molar-refractivity contribution in [3.8, 4) is 0 Å². The van der Waals surface area contributed by atoms with Gasteiger partial charge in [0, 0.05) is 55.6 Å². The predicted molar refractivity (Wildman–Crippen MR) is 136 cm³/mol. The summed E-state index contributed by atoms with van der Waals surface area (Å²) in [4.78, 5) is 27.7. The van der Waals surface area contributed by atoms with Crippen molar-refractivity contribution in [2.45, 2.75) is 6.54 Å². The number of nitrogens with one attached hydrogen (secondary N) is 1. The van der Waals surface area contributed by atoms with E-state index in [4.69, 9.17) is 11.6 Å². The molecule has 8 heteroatoms. The summed E-state index contributed by atoms with van der Waals surface area (Å²) in [6.07, 6.45) is 3.36. The molecule has 3 aromatic carbocycles. The molecule has 1 heterocycles. The Morgan fingerprint density at radius 1 is 1.00 bits per heavy atom. The van der Waals surface area contributed by atoms with Crippen LogP contribution in [0.25, 0.3) is 6.08 Å². The maximum absolute atomic E-state index is 12.6. The highest BCUT2D eigenvalue weighted by atomic mass is 35.5. The minimum atomic E-state index is -0.374. The normalized spacial score (nSPS) is 13.8. The number of nitrogens with zero attached hydrogens (tertiary/aromatic N) is 3. The number of nitro benzene ring substituents is 1. The van der Waals surface area contributed by atoms with Crippen LogP contribution in [0.1, 0.15) is 11.1 Å². The van der Waals surface area contributed by atoms with Gasteiger partial charge >= 0.3 is 0 Å². The van der Waals surface area contributed by atoms with Gasteiger partial charge in [-0.2, -0.15) is 0 Å². The molecule has 1 aliphatic rings. The van der Waals surface area contributed by atoms with Gasteiger partial charge in [0.15, 0.2) is 0 Å². The molecule has 7 nitrogen and oxygen atoms in total. The molecule has 4 rings (SSSR count). The first-order chi connectivity index (χ1) is 16.5. The Morgan fingerprint density at radius 3 is 2.38 bits per heavy atom. The lowest BCUT2D eigenvalue weighted by Crippen LogP contribution is -2.48. The lowest BCUT2D eigenvalue weighted by molar-refractivity contribution is -0.384. The zero-order valence-corrected chi connectivity index (χ0v) is 19.3. The molecule has 0 atom stereocenters. The van der Waals surface area contributed by atoms with Gasteiger partial charge in [-0.1, -0.05) is 54.1 Å². The molecule has 0 aliphatic carbocycles. The van der Waals surface area contributed by atoms with E-state index in [1.807, 2.05) is 53.4 Å². The molecule has 174 valence electrons. The second kappa shape index (κ2) is 10.9. The standard InChI is InChI=1S/C26H25ClN4O3/c27-22-9-6-20(7-10-22)8-13-26(32)30-16-14-29(15-17-30)23-11-12-25(31(33)34)24(18-23)28-19-21-4-2-1-3-5-21/h1-13,18,28H,14-17,19H2/b13-8+. The SMILES string of the molecule is O=C(/C=C/c1ccc(Cl)cc1)N1CCN(c2ccc([N+](=O)[O-])c(NCc3ccccc3)c2)CC1. The summed E-state index contributed by atoms with van der Waals surface area (Å²) >= 11 is 5.90. The number of piperazine rings is 1. The third-order valence-corrected chi connectivity index (χ3v) is 6.00. The molecule has 0 radical (unpaired) electrons. The quantitative estimate of drug-likeness (QED) is 0.287. The van der Waals surface area contributed by atoms with E-state index in [2.05, 4.69) is 10.2 Å². The van der Waals surface area contributed by atoms with Crippen molar-refractivity contribution >= 4 is 40.6 Å². The van der Waals surface area contributed by atoms with Gasteiger partial charge in [-0.25, -0.2) is 0 Å². The first-order valence-electron chi connectivity index (χ1n) is 11.0. The van der Waals surface area contributed by atoms with Gasteiger partial charge in [-0.05, 0) is 41.5 Å². The molecule has 1 N–H and O–H groups in total. The number of anilines is 2. The molecule has 34 heavy (non-hydrogen) atoms. The van der Waals surface area contributed by atoms with Crippen LogP contribution in [0.3, 0.4) is 0 Å². The lowest BCUT2D eigenvalue weighted by Gasteiger charge is -2.35. The second-order valence-corrected chi connectivity index (χ2v) is 8.43. The first kappa shape index (κ1) is 23.3. The third-order valence-electron chi connectivity index (χ3n) is 5.75. The Labute approximate surface area is 203 Å². The van der Waals surface area contributed by atoms with Gasteiger partial charge in [0.25, 0.3) is 5.69 Å². The van der Waals surface area contributed by atoms with Crippen LogP contribution < -0.4 is 10.2 Å². The molecule has 0 aromatic heterocycles. The average molecular weight is 477 g/mol. The van der Waals surface area contributed by atoms with E-state index in [1.165, 1.54) is 6.07 Å². The fraction of sp³-hybridized carbons (Fsp3) is 0.192. The molecular formula is C26H25ClN4O3. The highest BCUT2D eigenvalue weighted by Crippen LogP contribution is 2.30. The average Bonchev–Trinajstić information content (AvgIpc) is 2.87. The maximum Gasteiger partial charge on any atom is 0.292 e. The summed E-state index contributed by atoms with van der Waals surface area (Å²) in [5, 5.41) is 15.4. The van der Waals surface area contributed by atoms with E-state index in [9.17, 15) is 14.9 Å². The largest absolute Gasteiger partial charge is 0.375 e.